The molecule has 2 amide bonds. The highest BCUT2D eigenvalue weighted by Crippen LogP contribution is 2.28. The molecular weight excluding hydrogens is 543 g/mol. The summed E-state index contributed by atoms with van der Waals surface area (Å²) in [7, 11) is 0. The Bertz CT molecular complexity index is 1150. The monoisotopic (exact) mass is 578 g/mol. The molecule has 0 N–H and O–H groups in total. The van der Waals surface area contributed by atoms with E-state index < -0.39 is 0 Å². The minimum absolute atomic E-state index is 0.0408. The lowest BCUT2D eigenvalue weighted by Crippen LogP contribution is -2.54. The van der Waals surface area contributed by atoms with Crippen LogP contribution in [0, 0.1) is 5.41 Å². The predicted molar refractivity (Wildman–Crippen MR) is 155 cm³/mol. The van der Waals surface area contributed by atoms with Crippen molar-refractivity contribution < 1.29 is 9.59 Å². The van der Waals surface area contributed by atoms with Crippen molar-refractivity contribution in [2.75, 3.05) is 61.4 Å². The van der Waals surface area contributed by atoms with Gasteiger partial charge in [-0.3, -0.25) is 9.59 Å². The summed E-state index contributed by atoms with van der Waals surface area (Å²) >= 11 is 14.0. The Morgan fingerprint density at radius 1 is 0.974 bits per heavy atom. The maximum atomic E-state index is 12.9. The van der Waals surface area contributed by atoms with Crippen molar-refractivity contribution in [3.63, 3.8) is 0 Å². The highest BCUT2D eigenvalue weighted by atomic mass is 35.5. The Morgan fingerprint density at radius 2 is 1.66 bits per heavy atom. The van der Waals surface area contributed by atoms with Crippen molar-refractivity contribution in [1.29, 1.82) is 0 Å². The highest BCUT2D eigenvalue weighted by molar-refractivity contribution is 7.99. The van der Waals surface area contributed by atoms with E-state index in [0.717, 1.165) is 29.6 Å². The van der Waals surface area contributed by atoms with Gasteiger partial charge in [0.15, 0.2) is 5.16 Å². The SMILES string of the molecule is CC1CN(c2cc(Cl)nc(SCC(=O)N3CCN(c4ccccc4Cl)CC3)n2)CCN1C(=O)CC(C)(C)C. The fourth-order valence-electron chi connectivity index (χ4n) is 4.83. The van der Waals surface area contributed by atoms with Crippen LogP contribution in [-0.4, -0.2) is 89.2 Å². The van der Waals surface area contributed by atoms with Crippen molar-refractivity contribution in [3.8, 4) is 0 Å². The van der Waals surface area contributed by atoms with Gasteiger partial charge in [-0.1, -0.05) is 67.9 Å². The van der Waals surface area contributed by atoms with E-state index in [1.165, 1.54) is 11.8 Å². The molecule has 0 saturated carbocycles. The van der Waals surface area contributed by atoms with Gasteiger partial charge in [-0.2, -0.15) is 0 Å². The van der Waals surface area contributed by atoms with Crippen LogP contribution in [0.3, 0.4) is 0 Å². The van der Waals surface area contributed by atoms with E-state index in [2.05, 4.69) is 42.5 Å². The molecule has 2 saturated heterocycles. The molecule has 1 aromatic carbocycles. The van der Waals surface area contributed by atoms with Gasteiger partial charge in [-0.25, -0.2) is 9.97 Å². The Labute approximate surface area is 239 Å². The summed E-state index contributed by atoms with van der Waals surface area (Å²) in [5, 5.41) is 1.55. The molecule has 38 heavy (non-hydrogen) atoms. The number of carbonyl (C=O) groups is 2. The van der Waals surface area contributed by atoms with Crippen molar-refractivity contribution in [2.45, 2.75) is 45.3 Å². The smallest absolute Gasteiger partial charge is 0.233 e. The number of benzene rings is 1. The number of piperazine rings is 2. The van der Waals surface area contributed by atoms with Crippen LogP contribution in [0.1, 0.15) is 34.1 Å². The second-order valence-corrected chi connectivity index (χ2v) is 12.8. The molecule has 8 nitrogen and oxygen atoms in total. The fourth-order valence-corrected chi connectivity index (χ4v) is 6.07. The lowest BCUT2D eigenvalue weighted by atomic mass is 9.91. The first-order valence-corrected chi connectivity index (χ1v) is 14.7. The van der Waals surface area contributed by atoms with E-state index in [4.69, 9.17) is 28.2 Å². The number of para-hydroxylation sites is 1. The van der Waals surface area contributed by atoms with E-state index in [0.29, 0.717) is 49.5 Å². The predicted octanol–water partition coefficient (Wildman–Crippen LogP) is 4.70. The normalized spacial score (nSPS) is 18.6. The average Bonchev–Trinajstić information content (AvgIpc) is 2.86. The van der Waals surface area contributed by atoms with Crippen LogP contribution in [-0.2, 0) is 9.59 Å². The summed E-state index contributed by atoms with van der Waals surface area (Å²) in [6, 6.07) is 9.60. The van der Waals surface area contributed by atoms with Gasteiger partial charge in [0.25, 0.3) is 0 Å². The molecular formula is C27H36Cl2N6O2S. The summed E-state index contributed by atoms with van der Waals surface area (Å²) in [5.41, 5.74) is 0.963. The number of carbonyl (C=O) groups excluding carboxylic acids is 2. The molecule has 2 aliphatic rings. The molecule has 2 fully saturated rings. The molecule has 11 heteroatoms. The third-order valence-corrected chi connectivity index (χ3v) is 8.11. The van der Waals surface area contributed by atoms with Crippen molar-refractivity contribution >= 4 is 58.3 Å². The lowest BCUT2D eigenvalue weighted by molar-refractivity contribution is -0.135. The van der Waals surface area contributed by atoms with E-state index in [-0.39, 0.29) is 29.0 Å². The van der Waals surface area contributed by atoms with E-state index >= 15 is 0 Å². The minimum atomic E-state index is -0.0408. The fraction of sp³-hybridized carbons (Fsp3) is 0.556. The maximum absolute atomic E-state index is 12.9. The minimum Gasteiger partial charge on any atom is -0.367 e. The summed E-state index contributed by atoms with van der Waals surface area (Å²) in [4.78, 5) is 42.9. The first kappa shape index (κ1) is 28.8. The lowest BCUT2D eigenvalue weighted by Gasteiger charge is -2.41. The second kappa shape index (κ2) is 12.3. The number of hydrogen-bond donors (Lipinski definition) is 0. The van der Waals surface area contributed by atoms with Gasteiger partial charge in [0.05, 0.1) is 16.5 Å². The Kier molecular flexibility index (Phi) is 9.31. The highest BCUT2D eigenvalue weighted by Gasteiger charge is 2.30. The van der Waals surface area contributed by atoms with Gasteiger partial charge in [-0.15, -0.1) is 0 Å². The summed E-state index contributed by atoms with van der Waals surface area (Å²) in [6.45, 7) is 13.0. The molecule has 0 spiro atoms. The number of aromatic nitrogens is 2. The summed E-state index contributed by atoms with van der Waals surface area (Å²) in [6.07, 6.45) is 0.528. The van der Waals surface area contributed by atoms with Crippen LogP contribution in [0.25, 0.3) is 0 Å². The average molecular weight is 580 g/mol. The molecule has 2 aromatic rings. The van der Waals surface area contributed by atoms with Gasteiger partial charge < -0.3 is 19.6 Å². The molecule has 3 heterocycles. The van der Waals surface area contributed by atoms with Gasteiger partial charge in [0.2, 0.25) is 11.8 Å². The number of amides is 2. The third kappa shape index (κ3) is 7.45. The number of halogens is 2. The molecule has 4 rings (SSSR count). The zero-order chi connectivity index (χ0) is 27.4. The Morgan fingerprint density at radius 3 is 2.32 bits per heavy atom. The molecule has 0 bridgehead atoms. The van der Waals surface area contributed by atoms with Crippen molar-refractivity contribution in [1.82, 2.24) is 19.8 Å². The van der Waals surface area contributed by atoms with Gasteiger partial charge in [0, 0.05) is 64.3 Å². The largest absolute Gasteiger partial charge is 0.367 e. The van der Waals surface area contributed by atoms with Gasteiger partial charge in [0.1, 0.15) is 11.0 Å². The van der Waals surface area contributed by atoms with Crippen LogP contribution >= 0.6 is 35.0 Å². The second-order valence-electron chi connectivity index (χ2n) is 11.1. The van der Waals surface area contributed by atoms with Crippen LogP contribution in [0.5, 0.6) is 0 Å². The van der Waals surface area contributed by atoms with Crippen LogP contribution in [0.2, 0.25) is 10.2 Å². The topological polar surface area (TPSA) is 72.9 Å². The molecule has 1 atom stereocenters. The quantitative estimate of drug-likeness (QED) is 0.279. The van der Waals surface area contributed by atoms with E-state index in [9.17, 15) is 9.59 Å². The van der Waals surface area contributed by atoms with Crippen molar-refractivity contribution in [2.24, 2.45) is 5.41 Å². The van der Waals surface area contributed by atoms with Gasteiger partial charge >= 0.3 is 0 Å². The van der Waals surface area contributed by atoms with Crippen LogP contribution < -0.4 is 9.80 Å². The standard InChI is InChI=1S/C27H36Cl2N6O2S/c1-19-17-34(13-14-35(19)24(36)16-27(2,3)4)23-15-22(29)30-26(31-23)38-18-25(37)33-11-9-32(10-12-33)21-8-6-5-7-20(21)28/h5-8,15,19H,9-14,16-18H2,1-4H3. The molecule has 2 aliphatic heterocycles. The molecule has 206 valence electrons. The van der Waals surface area contributed by atoms with Crippen molar-refractivity contribution in [3.05, 3.63) is 40.5 Å². The summed E-state index contributed by atoms with van der Waals surface area (Å²) in [5.74, 6) is 1.21. The zero-order valence-corrected chi connectivity index (χ0v) is 24.8. The van der Waals surface area contributed by atoms with Gasteiger partial charge in [-0.05, 0) is 24.5 Å². The Balaban J connectivity index is 1.30. The molecule has 1 unspecified atom stereocenters. The van der Waals surface area contributed by atoms with Crippen LogP contribution in [0.15, 0.2) is 35.5 Å². The number of hydrogen-bond acceptors (Lipinski definition) is 7. The Hall–Kier alpha value is -2.23. The van der Waals surface area contributed by atoms with Crippen LogP contribution in [0.4, 0.5) is 11.5 Å². The number of nitrogens with zero attached hydrogens (tertiary/aromatic N) is 6. The number of anilines is 2. The third-order valence-electron chi connectivity index (χ3n) is 6.76. The number of rotatable bonds is 6. The molecule has 0 radical (unpaired) electrons. The van der Waals surface area contributed by atoms with E-state index in [1.54, 1.807) is 6.07 Å². The maximum Gasteiger partial charge on any atom is 0.233 e. The molecule has 0 aliphatic carbocycles. The number of thioether (sulfide) groups is 1. The zero-order valence-electron chi connectivity index (χ0n) is 22.5. The molecule has 1 aromatic heterocycles. The first-order valence-electron chi connectivity index (χ1n) is 13.0. The first-order chi connectivity index (χ1) is 18.0. The van der Waals surface area contributed by atoms with E-state index in [1.807, 2.05) is 34.1 Å². The summed E-state index contributed by atoms with van der Waals surface area (Å²) < 4.78 is 0.